The van der Waals surface area contributed by atoms with Gasteiger partial charge >= 0.3 is 5.97 Å². The first-order valence-corrected chi connectivity index (χ1v) is 6.61. The Morgan fingerprint density at radius 3 is 2.64 bits per heavy atom. The van der Waals surface area contributed by atoms with Gasteiger partial charge in [0.1, 0.15) is 12.4 Å². The molecule has 116 valence electrons. The molecule has 0 atom stereocenters. The van der Waals surface area contributed by atoms with Gasteiger partial charge in [0.2, 0.25) is 5.91 Å². The van der Waals surface area contributed by atoms with Crippen LogP contribution in [0.1, 0.15) is 35.9 Å². The predicted octanol–water partition coefficient (Wildman–Crippen LogP) is 1.88. The third kappa shape index (κ3) is 3.27. The highest BCUT2D eigenvalue weighted by atomic mass is 19.1. The van der Waals surface area contributed by atoms with Crippen LogP contribution in [0.4, 0.5) is 10.1 Å². The van der Waals surface area contributed by atoms with Crippen molar-refractivity contribution < 1.29 is 19.1 Å². The number of anilines is 1. The van der Waals surface area contributed by atoms with E-state index in [1.54, 1.807) is 19.9 Å². The molecule has 0 fully saturated rings. The molecule has 2 aromatic rings. The van der Waals surface area contributed by atoms with E-state index in [1.807, 2.05) is 0 Å². The lowest BCUT2D eigenvalue weighted by Crippen LogP contribution is -2.22. The number of rotatable bonds is 5. The largest absolute Gasteiger partial charge is 0.476 e. The minimum atomic E-state index is -1.20. The van der Waals surface area contributed by atoms with Gasteiger partial charge in [-0.25, -0.2) is 13.9 Å². The van der Waals surface area contributed by atoms with Gasteiger partial charge in [-0.2, -0.15) is 0 Å². The second-order valence-corrected chi connectivity index (χ2v) is 4.97. The summed E-state index contributed by atoms with van der Waals surface area (Å²) >= 11 is 0. The number of hydrogen-bond acceptors (Lipinski definition) is 4. The molecule has 0 radical (unpaired) electrons. The van der Waals surface area contributed by atoms with Gasteiger partial charge in [-0.3, -0.25) is 4.79 Å². The maximum atomic E-state index is 13.5. The van der Waals surface area contributed by atoms with Crippen molar-refractivity contribution in [2.75, 3.05) is 5.32 Å². The van der Waals surface area contributed by atoms with Crippen molar-refractivity contribution in [2.45, 2.75) is 26.3 Å². The van der Waals surface area contributed by atoms with Crippen molar-refractivity contribution in [3.8, 4) is 0 Å². The minimum absolute atomic E-state index is 0.0529. The highest BCUT2D eigenvalue weighted by molar-refractivity contribution is 5.91. The van der Waals surface area contributed by atoms with E-state index in [1.165, 1.54) is 22.9 Å². The summed E-state index contributed by atoms with van der Waals surface area (Å²) in [7, 11) is 0. The Morgan fingerprint density at radius 2 is 2.05 bits per heavy atom. The van der Waals surface area contributed by atoms with Gasteiger partial charge in [0, 0.05) is 0 Å². The van der Waals surface area contributed by atoms with Crippen LogP contribution in [0.2, 0.25) is 0 Å². The third-order valence-corrected chi connectivity index (χ3v) is 2.96. The first-order valence-electron chi connectivity index (χ1n) is 6.61. The Labute approximate surface area is 125 Å². The number of carbonyl (C=O) groups is 2. The van der Waals surface area contributed by atoms with Crippen molar-refractivity contribution in [3.63, 3.8) is 0 Å². The lowest BCUT2D eigenvalue weighted by Gasteiger charge is -2.10. The zero-order valence-electron chi connectivity index (χ0n) is 12.1. The Hall–Kier alpha value is -2.77. The quantitative estimate of drug-likeness (QED) is 0.879. The van der Waals surface area contributed by atoms with E-state index >= 15 is 0 Å². The highest BCUT2D eigenvalue weighted by Crippen LogP contribution is 2.18. The molecule has 1 aromatic heterocycles. The highest BCUT2D eigenvalue weighted by Gasteiger charge is 2.22. The molecule has 1 aromatic carbocycles. The third-order valence-electron chi connectivity index (χ3n) is 2.96. The van der Waals surface area contributed by atoms with Crippen molar-refractivity contribution in [3.05, 3.63) is 41.5 Å². The van der Waals surface area contributed by atoms with Crippen LogP contribution in [0.15, 0.2) is 24.3 Å². The van der Waals surface area contributed by atoms with E-state index < -0.39 is 17.7 Å². The summed E-state index contributed by atoms with van der Waals surface area (Å²) in [6.45, 7) is 3.30. The van der Waals surface area contributed by atoms with Crippen LogP contribution in [-0.4, -0.2) is 32.0 Å². The number of para-hydroxylation sites is 1. The van der Waals surface area contributed by atoms with Crippen LogP contribution in [0.3, 0.4) is 0 Å². The lowest BCUT2D eigenvalue weighted by molar-refractivity contribution is -0.117. The SMILES string of the molecule is CC(C)c1c(C(=O)O)nnn1CC(=O)Nc1ccccc1F. The molecule has 0 spiro atoms. The van der Waals surface area contributed by atoms with Crippen LogP contribution in [-0.2, 0) is 11.3 Å². The van der Waals surface area contributed by atoms with Crippen molar-refractivity contribution in [2.24, 2.45) is 0 Å². The summed E-state index contributed by atoms with van der Waals surface area (Å²) in [5, 5.41) is 18.7. The number of carboxylic acids is 1. The second-order valence-electron chi connectivity index (χ2n) is 4.97. The number of nitrogens with zero attached hydrogens (tertiary/aromatic N) is 3. The summed E-state index contributed by atoms with van der Waals surface area (Å²) in [5.41, 5.74) is 0.210. The first-order chi connectivity index (χ1) is 10.4. The van der Waals surface area contributed by atoms with Gasteiger partial charge in [0.25, 0.3) is 0 Å². The molecule has 7 nitrogen and oxygen atoms in total. The zero-order valence-corrected chi connectivity index (χ0v) is 12.1. The predicted molar refractivity (Wildman–Crippen MR) is 76.1 cm³/mol. The Kier molecular flexibility index (Phi) is 4.50. The van der Waals surface area contributed by atoms with E-state index in [-0.39, 0.29) is 23.8 Å². The first kappa shape index (κ1) is 15.6. The van der Waals surface area contributed by atoms with Crippen LogP contribution in [0.25, 0.3) is 0 Å². The van der Waals surface area contributed by atoms with E-state index in [0.717, 1.165) is 0 Å². The van der Waals surface area contributed by atoms with Gasteiger partial charge in [0.05, 0.1) is 11.4 Å². The van der Waals surface area contributed by atoms with Gasteiger partial charge < -0.3 is 10.4 Å². The molecule has 0 saturated carbocycles. The molecular weight excluding hydrogens is 291 g/mol. The van der Waals surface area contributed by atoms with E-state index in [0.29, 0.717) is 5.69 Å². The van der Waals surface area contributed by atoms with Crippen LogP contribution >= 0.6 is 0 Å². The molecule has 0 aliphatic heterocycles. The number of amides is 1. The van der Waals surface area contributed by atoms with Crippen LogP contribution in [0.5, 0.6) is 0 Å². The monoisotopic (exact) mass is 306 g/mol. The molecule has 0 saturated heterocycles. The fourth-order valence-corrected chi connectivity index (χ4v) is 2.05. The Bertz CT molecular complexity index is 712. The Morgan fingerprint density at radius 1 is 1.36 bits per heavy atom. The summed E-state index contributed by atoms with van der Waals surface area (Å²) in [6, 6.07) is 5.77. The molecule has 1 heterocycles. The second kappa shape index (κ2) is 6.33. The number of carboxylic acid groups (broad SMARTS) is 1. The van der Waals surface area contributed by atoms with E-state index in [2.05, 4.69) is 15.6 Å². The molecule has 0 bridgehead atoms. The number of nitrogens with one attached hydrogen (secondary N) is 1. The van der Waals surface area contributed by atoms with Crippen molar-refractivity contribution in [1.82, 2.24) is 15.0 Å². The van der Waals surface area contributed by atoms with Gasteiger partial charge in [-0.15, -0.1) is 5.10 Å². The summed E-state index contributed by atoms with van der Waals surface area (Å²) < 4.78 is 14.7. The van der Waals surface area contributed by atoms with Gasteiger partial charge in [0.15, 0.2) is 5.69 Å². The molecule has 0 aliphatic carbocycles. The van der Waals surface area contributed by atoms with E-state index in [9.17, 15) is 14.0 Å². The summed E-state index contributed by atoms with van der Waals surface area (Å²) in [5.74, 6) is -2.45. The zero-order chi connectivity index (χ0) is 16.3. The van der Waals surface area contributed by atoms with Gasteiger partial charge in [-0.1, -0.05) is 31.2 Å². The standard InChI is InChI=1S/C14H15FN4O3/c1-8(2)13-12(14(21)22)17-18-19(13)7-11(20)16-10-6-4-3-5-9(10)15/h3-6,8H,7H2,1-2H3,(H,16,20)(H,21,22). The normalized spacial score (nSPS) is 10.7. The lowest BCUT2D eigenvalue weighted by atomic mass is 10.1. The maximum Gasteiger partial charge on any atom is 0.358 e. The molecule has 1 amide bonds. The molecule has 2 N–H and O–H groups in total. The summed E-state index contributed by atoms with van der Waals surface area (Å²) in [6.07, 6.45) is 0. The van der Waals surface area contributed by atoms with Crippen LogP contribution in [0, 0.1) is 5.82 Å². The molecule has 0 unspecified atom stereocenters. The number of aromatic carboxylic acids is 1. The van der Waals surface area contributed by atoms with Gasteiger partial charge in [-0.05, 0) is 18.1 Å². The molecule has 22 heavy (non-hydrogen) atoms. The topological polar surface area (TPSA) is 97.1 Å². The van der Waals surface area contributed by atoms with Crippen LogP contribution < -0.4 is 5.32 Å². The van der Waals surface area contributed by atoms with Crippen molar-refractivity contribution >= 4 is 17.6 Å². The fourth-order valence-electron chi connectivity index (χ4n) is 2.05. The van der Waals surface area contributed by atoms with E-state index in [4.69, 9.17) is 5.11 Å². The number of aromatic nitrogens is 3. The smallest absolute Gasteiger partial charge is 0.358 e. The summed E-state index contributed by atoms with van der Waals surface area (Å²) in [4.78, 5) is 23.1. The number of benzene rings is 1. The number of hydrogen-bond donors (Lipinski definition) is 2. The molecule has 8 heteroatoms. The van der Waals surface area contributed by atoms with Crippen molar-refractivity contribution in [1.29, 1.82) is 0 Å². The average Bonchev–Trinajstić information content (AvgIpc) is 2.85. The molecular formula is C14H15FN4O3. The maximum absolute atomic E-state index is 13.5. The fraction of sp³-hybridized carbons (Fsp3) is 0.286. The minimum Gasteiger partial charge on any atom is -0.476 e. The average molecular weight is 306 g/mol. The number of carbonyl (C=O) groups excluding carboxylic acids is 1. The number of halogens is 1. The molecule has 2 rings (SSSR count). The Balaban J connectivity index is 2.19. The molecule has 0 aliphatic rings.